The Balaban J connectivity index is 1.18. The van der Waals surface area contributed by atoms with Crippen molar-refractivity contribution in [1.82, 2.24) is 10.6 Å². The maximum Gasteiger partial charge on any atom is 0.407 e. The summed E-state index contributed by atoms with van der Waals surface area (Å²) in [6, 6.07) is 49.1. The number of alkyl carbamates (subject to hydrolysis) is 2. The SMILES string of the molecule is CC(C)(C)OC(=O)NCCNC(=O)OCC(COCC(COCC(COCC(COCC(COCC(O)CN)OCc1ccccc1)OCc1ccccc1)OCc1ccccc1)OCc1ccccc1)OCc1ccccc1. The van der Waals surface area contributed by atoms with Crippen LogP contribution in [0.3, 0.4) is 0 Å². The first-order chi connectivity index (χ1) is 38.5. The van der Waals surface area contributed by atoms with Gasteiger partial charge in [-0.15, -0.1) is 0 Å². The predicted octanol–water partition coefficient (Wildman–Crippen LogP) is 7.57. The maximum atomic E-state index is 12.7. The first-order valence-electron chi connectivity index (χ1n) is 26.9. The van der Waals surface area contributed by atoms with Crippen LogP contribution in [0.5, 0.6) is 0 Å². The van der Waals surface area contributed by atoms with Crippen molar-refractivity contribution >= 4 is 12.2 Å². The van der Waals surface area contributed by atoms with Gasteiger partial charge in [0, 0.05) is 19.6 Å². The summed E-state index contributed by atoms with van der Waals surface area (Å²) in [6.45, 7) is 8.75. The van der Waals surface area contributed by atoms with E-state index in [0.29, 0.717) is 26.4 Å². The van der Waals surface area contributed by atoms with E-state index in [1.807, 2.05) is 152 Å². The molecular formula is C61H83N3O15. The van der Waals surface area contributed by atoms with Gasteiger partial charge >= 0.3 is 12.2 Å². The lowest BCUT2D eigenvalue weighted by Crippen LogP contribution is -2.39. The number of hydrogen-bond acceptors (Lipinski definition) is 16. The van der Waals surface area contributed by atoms with Crippen molar-refractivity contribution in [2.75, 3.05) is 92.3 Å². The Morgan fingerprint density at radius 3 is 0.924 bits per heavy atom. The van der Waals surface area contributed by atoms with Crippen LogP contribution in [0.2, 0.25) is 0 Å². The standard InChI is InChI=1S/C61H83N3O15/c1-61(2,3)79-60(67)64-30-29-63-59(66)78-47-58(77-36-52-27-17-8-18-28-52)46-72-45-57(76-35-51-25-15-7-16-26-51)44-71-43-56(75-34-50-23-13-6-14-24-50)42-70-41-55(74-33-49-21-11-5-12-22-49)40-69-39-54(38-68-37-53(65)31-62)73-32-48-19-9-4-10-20-48/h4-28,53-58,65H,29-47,62H2,1-3H3,(H,63,66)(H,64,67). The highest BCUT2D eigenvalue weighted by atomic mass is 16.6. The van der Waals surface area contributed by atoms with E-state index in [0.717, 1.165) is 27.8 Å². The van der Waals surface area contributed by atoms with Gasteiger partial charge in [0.05, 0.1) is 105 Å². The van der Waals surface area contributed by atoms with Crippen LogP contribution in [0.4, 0.5) is 9.59 Å². The predicted molar refractivity (Wildman–Crippen MR) is 298 cm³/mol. The van der Waals surface area contributed by atoms with Gasteiger partial charge in [-0.25, -0.2) is 9.59 Å². The lowest BCUT2D eigenvalue weighted by Gasteiger charge is -2.24. The normalized spacial score (nSPS) is 13.9. The monoisotopic (exact) mass is 1100 g/mol. The second-order valence-electron chi connectivity index (χ2n) is 19.6. The van der Waals surface area contributed by atoms with Crippen LogP contribution in [0, 0.1) is 0 Å². The third-order valence-electron chi connectivity index (χ3n) is 11.4. The molecule has 5 aromatic carbocycles. The smallest absolute Gasteiger partial charge is 0.407 e. The zero-order valence-corrected chi connectivity index (χ0v) is 46.1. The molecule has 0 aliphatic heterocycles. The fraction of sp³-hybridized carbons (Fsp3) is 0.475. The minimum absolute atomic E-state index is 0.0768. The average molecular weight is 1100 g/mol. The van der Waals surface area contributed by atoms with Crippen LogP contribution in [0.15, 0.2) is 152 Å². The molecule has 0 spiro atoms. The molecule has 0 radical (unpaired) electrons. The second-order valence-corrected chi connectivity index (χ2v) is 19.6. The summed E-state index contributed by atoms with van der Waals surface area (Å²) >= 11 is 0. The number of carbonyl (C=O) groups excluding carboxylic acids is 2. The number of rotatable bonds is 41. The molecule has 0 aromatic heterocycles. The van der Waals surface area contributed by atoms with Gasteiger partial charge in [0.1, 0.15) is 42.7 Å². The van der Waals surface area contributed by atoms with Crippen LogP contribution >= 0.6 is 0 Å². The van der Waals surface area contributed by atoms with Crippen molar-refractivity contribution in [2.45, 2.75) is 96.0 Å². The third-order valence-corrected chi connectivity index (χ3v) is 11.4. The van der Waals surface area contributed by atoms with Crippen LogP contribution in [-0.2, 0) is 89.9 Å². The van der Waals surface area contributed by atoms with Crippen molar-refractivity contribution in [2.24, 2.45) is 5.73 Å². The van der Waals surface area contributed by atoms with Gasteiger partial charge in [0.15, 0.2) is 0 Å². The summed E-state index contributed by atoms with van der Waals surface area (Å²) in [7, 11) is 0. The van der Waals surface area contributed by atoms with E-state index in [2.05, 4.69) is 10.6 Å². The Morgan fingerprint density at radius 2 is 0.658 bits per heavy atom. The molecule has 0 bridgehead atoms. The Labute approximate surface area is 466 Å². The van der Waals surface area contributed by atoms with Gasteiger partial charge in [-0.1, -0.05) is 152 Å². The van der Waals surface area contributed by atoms with Crippen molar-refractivity contribution in [1.29, 1.82) is 0 Å². The summed E-state index contributed by atoms with van der Waals surface area (Å²) < 4.78 is 73.4. The molecule has 79 heavy (non-hydrogen) atoms. The maximum absolute atomic E-state index is 12.7. The Morgan fingerprint density at radius 1 is 0.405 bits per heavy atom. The topological polar surface area (TPSA) is 215 Å². The molecule has 0 fully saturated rings. The first-order valence-corrected chi connectivity index (χ1v) is 26.9. The number of nitrogens with two attached hydrogens (primary N) is 1. The van der Waals surface area contributed by atoms with E-state index >= 15 is 0 Å². The third kappa shape index (κ3) is 30.4. The molecule has 0 saturated heterocycles. The van der Waals surface area contributed by atoms with Gasteiger partial charge in [0.2, 0.25) is 0 Å². The van der Waals surface area contributed by atoms with E-state index < -0.39 is 54.4 Å². The second kappa shape index (κ2) is 38.7. The van der Waals surface area contributed by atoms with E-state index in [1.165, 1.54) is 0 Å². The molecule has 0 heterocycles. The highest BCUT2D eigenvalue weighted by molar-refractivity contribution is 5.68. The number of aliphatic hydroxyl groups excluding tert-OH is 1. The Hall–Kier alpha value is -5.84. The van der Waals surface area contributed by atoms with Gasteiger partial charge < -0.3 is 78.3 Å². The lowest BCUT2D eigenvalue weighted by atomic mass is 10.2. The van der Waals surface area contributed by atoms with E-state index in [-0.39, 0.29) is 98.9 Å². The minimum Gasteiger partial charge on any atom is -0.447 e. The summed E-state index contributed by atoms with van der Waals surface area (Å²) in [5.41, 5.74) is 9.88. The first kappa shape index (κ1) is 64.0. The number of aliphatic hydroxyl groups is 1. The fourth-order valence-electron chi connectivity index (χ4n) is 7.25. The van der Waals surface area contributed by atoms with Gasteiger partial charge in [-0.3, -0.25) is 0 Å². The number of hydrogen-bond donors (Lipinski definition) is 4. The lowest BCUT2D eigenvalue weighted by molar-refractivity contribution is -0.125. The number of nitrogens with one attached hydrogen (secondary N) is 2. The summed E-state index contributed by atoms with van der Waals surface area (Å²) in [5.74, 6) is 0. The molecular weight excluding hydrogens is 1010 g/mol. The highest BCUT2D eigenvalue weighted by Gasteiger charge is 2.21. The van der Waals surface area contributed by atoms with Crippen molar-refractivity contribution < 1.29 is 71.5 Å². The molecule has 0 aliphatic carbocycles. The van der Waals surface area contributed by atoms with Gasteiger partial charge in [-0.2, -0.15) is 0 Å². The quantitative estimate of drug-likeness (QED) is 0.0278. The molecule has 5 rings (SSSR count). The summed E-state index contributed by atoms with van der Waals surface area (Å²) in [5, 5.41) is 15.2. The van der Waals surface area contributed by atoms with Crippen LogP contribution in [0.25, 0.3) is 0 Å². The van der Waals surface area contributed by atoms with E-state index in [1.54, 1.807) is 20.8 Å². The number of benzene rings is 5. The zero-order valence-electron chi connectivity index (χ0n) is 46.1. The van der Waals surface area contributed by atoms with E-state index in [4.69, 9.17) is 62.6 Å². The molecule has 0 aliphatic rings. The summed E-state index contributed by atoms with van der Waals surface area (Å²) in [6.07, 6.45) is -4.58. The Bertz CT molecular complexity index is 2300. The van der Waals surface area contributed by atoms with Crippen LogP contribution < -0.4 is 16.4 Å². The molecule has 18 nitrogen and oxygen atoms in total. The molecule has 5 aromatic rings. The highest BCUT2D eigenvalue weighted by Crippen LogP contribution is 2.13. The Kier molecular flexibility index (Phi) is 31.4. The molecule has 2 amide bonds. The van der Waals surface area contributed by atoms with Gasteiger partial charge in [0.25, 0.3) is 0 Å². The molecule has 5 N–H and O–H groups in total. The number of amides is 2. The largest absolute Gasteiger partial charge is 0.447 e. The van der Waals surface area contributed by atoms with Crippen molar-refractivity contribution in [3.05, 3.63) is 179 Å². The summed E-state index contributed by atoms with van der Waals surface area (Å²) in [4.78, 5) is 24.7. The number of carbonyl (C=O) groups is 2. The molecule has 0 saturated carbocycles. The van der Waals surface area contributed by atoms with Crippen molar-refractivity contribution in [3.63, 3.8) is 0 Å². The van der Waals surface area contributed by atoms with Crippen LogP contribution in [0.1, 0.15) is 48.6 Å². The van der Waals surface area contributed by atoms with Crippen LogP contribution in [-0.4, -0.2) is 152 Å². The molecule has 6 unspecified atom stereocenters. The molecule has 6 atom stereocenters. The fourth-order valence-corrected chi connectivity index (χ4v) is 7.25. The minimum atomic E-state index is -0.779. The number of ether oxygens (including phenoxy) is 12. The average Bonchev–Trinajstić information content (AvgIpc) is 3.46. The molecule has 18 heteroatoms. The zero-order chi connectivity index (χ0) is 56.0. The van der Waals surface area contributed by atoms with Crippen molar-refractivity contribution in [3.8, 4) is 0 Å². The van der Waals surface area contributed by atoms with E-state index in [9.17, 15) is 14.7 Å². The molecule has 432 valence electrons. The van der Waals surface area contributed by atoms with Gasteiger partial charge in [-0.05, 0) is 48.6 Å².